The highest BCUT2D eigenvalue weighted by atomic mass is 19.3. The quantitative estimate of drug-likeness (QED) is 0.657. The first-order chi connectivity index (χ1) is 13.0. The van der Waals surface area contributed by atoms with Crippen LogP contribution in [0.3, 0.4) is 0 Å². The Bertz CT molecular complexity index is 770. The van der Waals surface area contributed by atoms with Crippen LogP contribution in [-0.2, 0) is 11.2 Å². The Morgan fingerprint density at radius 1 is 1.00 bits per heavy atom. The summed E-state index contributed by atoms with van der Waals surface area (Å²) >= 11 is 0. The number of carbonyl (C=O) groups excluding carboxylic acids is 2. The maximum atomic E-state index is 12.4. The van der Waals surface area contributed by atoms with Crippen molar-refractivity contribution in [3.8, 4) is 11.5 Å². The second kappa shape index (κ2) is 10.1. The van der Waals surface area contributed by atoms with E-state index < -0.39 is 12.5 Å². The second-order valence-electron chi connectivity index (χ2n) is 5.51. The van der Waals surface area contributed by atoms with Crippen LogP contribution in [-0.4, -0.2) is 38.6 Å². The Kier molecular flexibility index (Phi) is 7.54. The molecule has 2 aromatic carbocycles. The van der Waals surface area contributed by atoms with Gasteiger partial charge < -0.3 is 20.1 Å². The molecule has 27 heavy (non-hydrogen) atoms. The molecular weight excluding hydrogens is 358 g/mol. The van der Waals surface area contributed by atoms with Crippen molar-refractivity contribution in [1.29, 1.82) is 0 Å². The van der Waals surface area contributed by atoms with Crippen molar-refractivity contribution in [1.82, 2.24) is 10.6 Å². The molecule has 0 radical (unpaired) electrons. The third-order valence-corrected chi connectivity index (χ3v) is 3.58. The Hall–Kier alpha value is -3.16. The fraction of sp³-hybridized carbons (Fsp3) is 0.263. The Morgan fingerprint density at radius 3 is 2.37 bits per heavy atom. The lowest BCUT2D eigenvalue weighted by molar-refractivity contribution is -0.120. The molecule has 0 aromatic heterocycles. The van der Waals surface area contributed by atoms with Crippen molar-refractivity contribution < 1.29 is 27.8 Å². The van der Waals surface area contributed by atoms with Gasteiger partial charge in [0.15, 0.2) is 11.5 Å². The minimum Gasteiger partial charge on any atom is -0.493 e. The summed E-state index contributed by atoms with van der Waals surface area (Å²) in [6.07, 6.45) is 0.252. The van der Waals surface area contributed by atoms with Crippen molar-refractivity contribution in [2.45, 2.75) is 13.0 Å². The van der Waals surface area contributed by atoms with Gasteiger partial charge in [0, 0.05) is 18.7 Å². The molecule has 0 spiro atoms. The van der Waals surface area contributed by atoms with E-state index in [0.717, 1.165) is 5.56 Å². The number of amides is 2. The number of carbonyl (C=O) groups is 2. The lowest BCUT2D eigenvalue weighted by Gasteiger charge is -2.12. The van der Waals surface area contributed by atoms with Crippen LogP contribution in [0.25, 0.3) is 0 Å². The molecule has 0 atom stereocenters. The highest BCUT2D eigenvalue weighted by Crippen LogP contribution is 2.29. The summed E-state index contributed by atoms with van der Waals surface area (Å²) in [6, 6.07) is 13.2. The van der Waals surface area contributed by atoms with Crippen molar-refractivity contribution >= 4 is 11.8 Å². The van der Waals surface area contributed by atoms with Gasteiger partial charge in [-0.2, -0.15) is 8.78 Å². The molecule has 2 aromatic rings. The van der Waals surface area contributed by atoms with Gasteiger partial charge in [-0.25, -0.2) is 0 Å². The number of alkyl halides is 2. The number of nitrogens with one attached hydrogen (secondary N) is 2. The lowest BCUT2D eigenvalue weighted by atomic mass is 10.1. The number of benzene rings is 2. The topological polar surface area (TPSA) is 76.7 Å². The highest BCUT2D eigenvalue weighted by Gasteiger charge is 2.14. The lowest BCUT2D eigenvalue weighted by Crippen LogP contribution is -2.35. The van der Waals surface area contributed by atoms with Gasteiger partial charge in [-0.1, -0.05) is 30.3 Å². The molecule has 2 amide bonds. The van der Waals surface area contributed by atoms with Gasteiger partial charge in [0.05, 0.1) is 13.5 Å². The normalized spacial score (nSPS) is 10.4. The van der Waals surface area contributed by atoms with Crippen LogP contribution in [0, 0.1) is 0 Å². The average molecular weight is 378 g/mol. The molecule has 0 unspecified atom stereocenters. The van der Waals surface area contributed by atoms with Crippen LogP contribution >= 0.6 is 0 Å². The van der Waals surface area contributed by atoms with Crippen LogP contribution in [0.15, 0.2) is 48.5 Å². The first kappa shape index (κ1) is 20.2. The summed E-state index contributed by atoms with van der Waals surface area (Å²) in [6.45, 7) is -2.60. The number of halogens is 2. The molecule has 0 saturated heterocycles. The Balaban J connectivity index is 1.80. The Labute approximate surface area is 155 Å². The van der Waals surface area contributed by atoms with Gasteiger partial charge in [-0.15, -0.1) is 0 Å². The molecule has 0 heterocycles. The number of ether oxygens (including phenoxy) is 2. The Morgan fingerprint density at radius 2 is 1.70 bits per heavy atom. The minimum atomic E-state index is -3.03. The molecule has 2 N–H and O–H groups in total. The molecule has 0 aliphatic heterocycles. The van der Waals surface area contributed by atoms with Crippen molar-refractivity contribution in [2.75, 3.05) is 20.2 Å². The van der Waals surface area contributed by atoms with Crippen LogP contribution in [0.4, 0.5) is 8.78 Å². The maximum absolute atomic E-state index is 12.4. The fourth-order valence-corrected chi connectivity index (χ4v) is 2.33. The van der Waals surface area contributed by atoms with Crippen molar-refractivity contribution in [2.24, 2.45) is 0 Å². The molecule has 144 valence electrons. The molecular formula is C19H20F2N2O4. The molecule has 2 rings (SSSR count). The second-order valence-corrected chi connectivity index (χ2v) is 5.51. The van der Waals surface area contributed by atoms with Gasteiger partial charge >= 0.3 is 6.61 Å². The summed E-state index contributed by atoms with van der Waals surface area (Å²) in [4.78, 5) is 23.9. The zero-order chi connectivity index (χ0) is 19.6. The SMILES string of the molecule is COc1ccc(C(=O)NCCNC(=O)Cc2ccccc2)cc1OC(F)F. The van der Waals surface area contributed by atoms with Gasteiger partial charge in [0.2, 0.25) is 5.91 Å². The largest absolute Gasteiger partial charge is 0.493 e. The van der Waals surface area contributed by atoms with Crippen molar-refractivity contribution in [3.05, 3.63) is 59.7 Å². The number of hydrogen-bond donors (Lipinski definition) is 2. The van der Waals surface area contributed by atoms with Crippen LogP contribution in [0.1, 0.15) is 15.9 Å². The number of methoxy groups -OCH3 is 1. The monoisotopic (exact) mass is 378 g/mol. The third kappa shape index (κ3) is 6.58. The zero-order valence-corrected chi connectivity index (χ0v) is 14.7. The van der Waals surface area contributed by atoms with E-state index in [1.54, 1.807) is 0 Å². The molecule has 0 aliphatic rings. The average Bonchev–Trinajstić information content (AvgIpc) is 2.65. The van der Waals surface area contributed by atoms with E-state index >= 15 is 0 Å². The summed E-state index contributed by atoms with van der Waals surface area (Å²) in [5, 5.41) is 5.29. The van der Waals surface area contributed by atoms with Gasteiger partial charge in [-0.3, -0.25) is 9.59 Å². The molecule has 8 heteroatoms. The molecule has 0 aliphatic carbocycles. The molecule has 0 fully saturated rings. The summed E-state index contributed by atoms with van der Waals surface area (Å²) in [7, 11) is 1.31. The van der Waals surface area contributed by atoms with Crippen LogP contribution in [0.5, 0.6) is 11.5 Å². The summed E-state index contributed by atoms with van der Waals surface area (Å²) < 4.78 is 34.1. The smallest absolute Gasteiger partial charge is 0.387 e. The van der Waals surface area contributed by atoms with E-state index in [0.29, 0.717) is 0 Å². The molecule has 0 saturated carbocycles. The van der Waals surface area contributed by atoms with E-state index in [1.165, 1.54) is 25.3 Å². The highest BCUT2D eigenvalue weighted by molar-refractivity contribution is 5.94. The van der Waals surface area contributed by atoms with Gasteiger partial charge in [0.1, 0.15) is 0 Å². The zero-order valence-electron chi connectivity index (χ0n) is 14.7. The van der Waals surface area contributed by atoms with Crippen molar-refractivity contribution in [3.63, 3.8) is 0 Å². The number of hydrogen-bond acceptors (Lipinski definition) is 4. The van der Waals surface area contributed by atoms with Gasteiger partial charge in [0.25, 0.3) is 5.91 Å². The standard InChI is InChI=1S/C19H20F2N2O4/c1-26-15-8-7-14(12-16(15)27-19(20)21)18(25)23-10-9-22-17(24)11-13-5-3-2-4-6-13/h2-8,12,19H,9-11H2,1H3,(H,22,24)(H,23,25). The molecule has 0 bridgehead atoms. The van der Waals surface area contributed by atoms with E-state index in [4.69, 9.17) is 4.74 Å². The van der Waals surface area contributed by atoms with E-state index in [1.807, 2.05) is 30.3 Å². The first-order valence-corrected chi connectivity index (χ1v) is 8.21. The van der Waals surface area contributed by atoms with E-state index in [9.17, 15) is 18.4 Å². The third-order valence-electron chi connectivity index (χ3n) is 3.58. The fourth-order valence-electron chi connectivity index (χ4n) is 2.33. The number of rotatable bonds is 9. The van der Waals surface area contributed by atoms with E-state index in [2.05, 4.69) is 15.4 Å². The maximum Gasteiger partial charge on any atom is 0.387 e. The summed E-state index contributed by atoms with van der Waals surface area (Å²) in [5.74, 6) is -0.766. The molecule has 6 nitrogen and oxygen atoms in total. The first-order valence-electron chi connectivity index (χ1n) is 8.21. The summed E-state index contributed by atoms with van der Waals surface area (Å²) in [5.41, 5.74) is 1.03. The minimum absolute atomic E-state index is 0.0972. The van der Waals surface area contributed by atoms with Crippen LogP contribution < -0.4 is 20.1 Å². The van der Waals surface area contributed by atoms with E-state index in [-0.39, 0.29) is 42.5 Å². The van der Waals surface area contributed by atoms with Gasteiger partial charge in [-0.05, 0) is 23.8 Å². The predicted molar refractivity (Wildman–Crippen MR) is 95.1 cm³/mol. The van der Waals surface area contributed by atoms with Crippen LogP contribution in [0.2, 0.25) is 0 Å². The predicted octanol–water partition coefficient (Wildman–Crippen LogP) is 2.39.